The summed E-state index contributed by atoms with van der Waals surface area (Å²) in [6, 6.07) is 46.4. The Morgan fingerprint density at radius 2 is 0.972 bits per heavy atom. The maximum Gasteiger partial charge on any atom is 0.488 e. The summed E-state index contributed by atoms with van der Waals surface area (Å²) in [5.74, 6) is 0. The lowest BCUT2D eigenvalue weighted by molar-refractivity contribution is 0.426. The lowest BCUT2D eigenvalue weighted by Crippen LogP contribution is -2.78. The molecular formula is C31H24BNO2Si. The fraction of sp³-hybridized carbons (Fsp3) is 0. The largest absolute Gasteiger partial charge is 0.488 e. The van der Waals surface area contributed by atoms with E-state index in [0.29, 0.717) is 11.0 Å². The number of rotatable bonds is 6. The highest BCUT2D eigenvalue weighted by Crippen LogP contribution is 2.24. The lowest BCUT2D eigenvalue weighted by atomic mass is 9.78. The van der Waals surface area contributed by atoms with E-state index in [0.717, 1.165) is 31.9 Å². The topological polar surface area (TPSA) is 64.2 Å². The summed E-state index contributed by atoms with van der Waals surface area (Å²) in [6.45, 7) is 0. The molecule has 172 valence electrons. The Labute approximate surface area is 212 Å². The highest BCUT2D eigenvalue weighted by Gasteiger charge is 2.46. The van der Waals surface area contributed by atoms with Gasteiger partial charge in [-0.1, -0.05) is 127 Å². The molecule has 0 aromatic heterocycles. The Hall–Kier alpha value is -4.21. The zero-order valence-electron chi connectivity index (χ0n) is 19.6. The van der Waals surface area contributed by atoms with Crippen LogP contribution in [-0.4, -0.2) is 25.2 Å². The third kappa shape index (κ3) is 3.98. The molecule has 0 heterocycles. The van der Waals surface area contributed by atoms with E-state index >= 15 is 0 Å². The average molecular weight is 481 g/mol. The minimum absolute atomic E-state index is 0.413. The monoisotopic (exact) mass is 481 g/mol. The van der Waals surface area contributed by atoms with Crippen molar-refractivity contribution in [3.63, 3.8) is 0 Å². The van der Waals surface area contributed by atoms with E-state index in [4.69, 9.17) is 0 Å². The summed E-state index contributed by atoms with van der Waals surface area (Å²) in [7, 11) is -4.86. The molecule has 5 rings (SSSR count). The summed E-state index contributed by atoms with van der Waals surface area (Å²) in [6.07, 6.45) is 0. The standard InChI is InChI=1S/C31H24BNO2Si/c33-23-25-21-22-29(32(34)35)31(30(25)24-13-5-1-6-14-24)36(26-15-7-2-8-16-26,27-17-9-3-10-18-27)28-19-11-4-12-20-28/h1-22,34-35H. The van der Waals surface area contributed by atoms with Gasteiger partial charge in [-0.15, -0.1) is 0 Å². The van der Waals surface area contributed by atoms with Crippen molar-refractivity contribution in [2.24, 2.45) is 0 Å². The summed E-state index contributed by atoms with van der Waals surface area (Å²) in [4.78, 5) is 0. The van der Waals surface area contributed by atoms with Crippen LogP contribution in [0.4, 0.5) is 0 Å². The second kappa shape index (κ2) is 10.2. The maximum atomic E-state index is 10.7. The van der Waals surface area contributed by atoms with Crippen LogP contribution in [-0.2, 0) is 0 Å². The molecule has 0 radical (unpaired) electrons. The van der Waals surface area contributed by atoms with Gasteiger partial charge >= 0.3 is 7.12 Å². The van der Waals surface area contributed by atoms with Gasteiger partial charge in [0.05, 0.1) is 11.6 Å². The number of nitriles is 1. The van der Waals surface area contributed by atoms with E-state index in [1.165, 1.54) is 0 Å². The van der Waals surface area contributed by atoms with Crippen molar-refractivity contribution >= 4 is 41.4 Å². The summed E-state index contributed by atoms with van der Waals surface area (Å²) < 4.78 is 0. The first-order valence-electron chi connectivity index (χ1n) is 11.8. The second-order valence-corrected chi connectivity index (χ2v) is 12.4. The van der Waals surface area contributed by atoms with Crippen LogP contribution in [0.3, 0.4) is 0 Å². The quantitative estimate of drug-likeness (QED) is 0.289. The fourth-order valence-corrected chi connectivity index (χ4v) is 10.5. The molecule has 3 nitrogen and oxygen atoms in total. The van der Waals surface area contributed by atoms with Crippen LogP contribution in [0.15, 0.2) is 133 Å². The average Bonchev–Trinajstić information content (AvgIpc) is 2.95. The fourth-order valence-electron chi connectivity index (χ4n) is 5.23. The Morgan fingerprint density at radius 1 is 0.556 bits per heavy atom. The molecule has 0 fully saturated rings. The van der Waals surface area contributed by atoms with Gasteiger partial charge in [0.2, 0.25) is 0 Å². The van der Waals surface area contributed by atoms with Gasteiger partial charge < -0.3 is 10.0 Å². The first-order chi connectivity index (χ1) is 17.7. The first kappa shape index (κ1) is 23.5. The van der Waals surface area contributed by atoms with Gasteiger partial charge in [0.25, 0.3) is 0 Å². The smallest absolute Gasteiger partial charge is 0.423 e. The van der Waals surface area contributed by atoms with Crippen molar-refractivity contribution in [3.05, 3.63) is 139 Å². The third-order valence-electron chi connectivity index (χ3n) is 6.69. The molecular weight excluding hydrogens is 457 g/mol. The first-order valence-corrected chi connectivity index (χ1v) is 13.8. The highest BCUT2D eigenvalue weighted by molar-refractivity contribution is 7.21. The number of nitrogens with zero attached hydrogens (tertiary/aromatic N) is 1. The molecule has 5 aromatic rings. The van der Waals surface area contributed by atoms with Crippen molar-refractivity contribution in [2.75, 3.05) is 0 Å². The molecule has 0 saturated carbocycles. The van der Waals surface area contributed by atoms with Crippen molar-refractivity contribution in [1.82, 2.24) is 0 Å². The van der Waals surface area contributed by atoms with Crippen LogP contribution < -0.4 is 26.2 Å². The molecule has 0 amide bonds. The Morgan fingerprint density at radius 3 is 1.36 bits per heavy atom. The molecule has 0 aliphatic heterocycles. The number of hydrogen-bond donors (Lipinski definition) is 2. The van der Waals surface area contributed by atoms with Crippen molar-refractivity contribution in [1.29, 1.82) is 5.26 Å². The molecule has 0 aliphatic rings. The zero-order chi connectivity index (χ0) is 25.0. The molecule has 0 saturated heterocycles. The van der Waals surface area contributed by atoms with Crippen LogP contribution in [0.2, 0.25) is 0 Å². The summed E-state index contributed by atoms with van der Waals surface area (Å²) >= 11 is 0. The van der Waals surface area contributed by atoms with E-state index < -0.39 is 15.2 Å². The second-order valence-electron chi connectivity index (χ2n) is 8.65. The molecule has 2 N–H and O–H groups in total. The zero-order valence-corrected chi connectivity index (χ0v) is 20.6. The molecule has 0 spiro atoms. The Bertz CT molecular complexity index is 1410. The maximum absolute atomic E-state index is 10.7. The molecule has 0 unspecified atom stereocenters. The van der Waals surface area contributed by atoms with Crippen molar-refractivity contribution < 1.29 is 10.0 Å². The van der Waals surface area contributed by atoms with Gasteiger partial charge in [0.15, 0.2) is 8.07 Å². The summed E-state index contributed by atoms with van der Waals surface area (Å²) in [5, 5.41) is 35.8. The van der Waals surface area contributed by atoms with Crippen LogP contribution in [0.5, 0.6) is 0 Å². The predicted molar refractivity (Wildman–Crippen MR) is 150 cm³/mol. The minimum Gasteiger partial charge on any atom is -0.423 e. The molecule has 5 heteroatoms. The molecule has 36 heavy (non-hydrogen) atoms. The molecule has 0 bridgehead atoms. The Balaban J connectivity index is 2.08. The van der Waals surface area contributed by atoms with Crippen LogP contribution in [0.1, 0.15) is 5.56 Å². The highest BCUT2D eigenvalue weighted by atomic mass is 28.3. The van der Waals surface area contributed by atoms with Gasteiger partial charge in [0.1, 0.15) is 0 Å². The van der Waals surface area contributed by atoms with E-state index in [9.17, 15) is 15.3 Å². The predicted octanol–water partition coefficient (Wildman–Crippen LogP) is 2.28. The van der Waals surface area contributed by atoms with E-state index in [1.807, 2.05) is 84.9 Å². The van der Waals surface area contributed by atoms with E-state index in [-0.39, 0.29) is 0 Å². The Kier molecular flexibility index (Phi) is 6.66. The third-order valence-corrected chi connectivity index (χ3v) is 11.6. The van der Waals surface area contributed by atoms with Gasteiger partial charge in [-0.3, -0.25) is 0 Å². The number of hydrogen-bond acceptors (Lipinski definition) is 3. The van der Waals surface area contributed by atoms with Gasteiger partial charge in [-0.2, -0.15) is 5.26 Å². The van der Waals surface area contributed by atoms with Crippen LogP contribution >= 0.6 is 0 Å². The van der Waals surface area contributed by atoms with E-state index in [2.05, 4.69) is 42.5 Å². The summed E-state index contributed by atoms with van der Waals surface area (Å²) in [5.41, 5.74) is 2.52. The molecule has 5 aromatic carbocycles. The lowest BCUT2D eigenvalue weighted by Gasteiger charge is -2.38. The van der Waals surface area contributed by atoms with E-state index in [1.54, 1.807) is 12.1 Å². The minimum atomic E-state index is -3.15. The van der Waals surface area contributed by atoms with Crippen LogP contribution in [0, 0.1) is 11.3 Å². The SMILES string of the molecule is N#Cc1ccc(B(O)O)c([Si](c2ccccc2)(c2ccccc2)c2ccccc2)c1-c1ccccc1. The van der Waals surface area contributed by atoms with Gasteiger partial charge in [0, 0.05) is 0 Å². The van der Waals surface area contributed by atoms with Crippen molar-refractivity contribution in [2.45, 2.75) is 0 Å². The normalized spacial score (nSPS) is 11.0. The number of benzene rings is 5. The van der Waals surface area contributed by atoms with Crippen LogP contribution in [0.25, 0.3) is 11.1 Å². The molecule has 0 aliphatic carbocycles. The van der Waals surface area contributed by atoms with Gasteiger partial charge in [-0.25, -0.2) is 0 Å². The van der Waals surface area contributed by atoms with Gasteiger partial charge in [-0.05, 0) is 43.4 Å². The molecule has 0 atom stereocenters. The van der Waals surface area contributed by atoms with Crippen molar-refractivity contribution in [3.8, 4) is 17.2 Å².